The molecule has 0 spiro atoms. The standard InChI is InChI=1S/C27H34N2O3/c1-4-17-29(18-5-2)27(31)20(3)25(32-19-21-9-7-6-8-10-21)22-13-15-24(16-14-22)28-26(30)23-11-12-23/h6-10,13-16,23H,4-5,11-12,17-19H2,1-3H3,(H,28,30)/b25-20+. The van der Waals surface area contributed by atoms with Crippen LogP contribution in [0.5, 0.6) is 0 Å². The lowest BCUT2D eigenvalue weighted by molar-refractivity contribution is -0.127. The minimum atomic E-state index is 0.00266. The van der Waals surface area contributed by atoms with E-state index >= 15 is 0 Å². The molecule has 0 heterocycles. The number of carbonyl (C=O) groups is 2. The summed E-state index contributed by atoms with van der Waals surface area (Å²) in [5.41, 5.74) is 3.22. The van der Waals surface area contributed by atoms with Gasteiger partial charge in [-0.1, -0.05) is 44.2 Å². The number of amides is 2. The number of carbonyl (C=O) groups excluding carboxylic acids is 2. The molecule has 32 heavy (non-hydrogen) atoms. The van der Waals surface area contributed by atoms with Gasteiger partial charge in [0.1, 0.15) is 12.4 Å². The van der Waals surface area contributed by atoms with Crippen LogP contribution in [-0.4, -0.2) is 29.8 Å². The van der Waals surface area contributed by atoms with Crippen LogP contribution in [0.1, 0.15) is 57.6 Å². The highest BCUT2D eigenvalue weighted by molar-refractivity contribution is 5.99. The summed E-state index contributed by atoms with van der Waals surface area (Å²) in [5, 5.41) is 2.96. The number of nitrogens with one attached hydrogen (secondary N) is 1. The van der Waals surface area contributed by atoms with Crippen molar-refractivity contribution in [2.75, 3.05) is 18.4 Å². The fraction of sp³-hybridized carbons (Fsp3) is 0.407. The van der Waals surface area contributed by atoms with Gasteiger partial charge in [0.15, 0.2) is 0 Å². The van der Waals surface area contributed by atoms with Crippen molar-refractivity contribution in [2.24, 2.45) is 5.92 Å². The highest BCUT2D eigenvalue weighted by atomic mass is 16.5. The second-order valence-corrected chi connectivity index (χ2v) is 8.36. The minimum absolute atomic E-state index is 0.00266. The molecule has 1 N–H and O–H groups in total. The third-order valence-corrected chi connectivity index (χ3v) is 5.52. The normalized spacial score (nSPS) is 13.8. The molecule has 170 valence electrons. The number of hydrogen-bond acceptors (Lipinski definition) is 3. The molecule has 0 bridgehead atoms. The van der Waals surface area contributed by atoms with Gasteiger partial charge in [-0.05, 0) is 62.4 Å². The van der Waals surface area contributed by atoms with Crippen molar-refractivity contribution in [3.63, 3.8) is 0 Å². The van der Waals surface area contributed by atoms with Gasteiger partial charge in [0.05, 0.1) is 5.57 Å². The van der Waals surface area contributed by atoms with Crippen LogP contribution < -0.4 is 5.32 Å². The summed E-state index contributed by atoms with van der Waals surface area (Å²) >= 11 is 0. The Morgan fingerprint density at radius 3 is 2.16 bits per heavy atom. The largest absolute Gasteiger partial charge is 0.488 e. The van der Waals surface area contributed by atoms with E-state index < -0.39 is 0 Å². The summed E-state index contributed by atoms with van der Waals surface area (Å²) in [7, 11) is 0. The number of ether oxygens (including phenoxy) is 1. The van der Waals surface area contributed by atoms with Gasteiger partial charge in [-0.2, -0.15) is 0 Å². The van der Waals surface area contributed by atoms with Gasteiger partial charge in [-0.15, -0.1) is 0 Å². The van der Waals surface area contributed by atoms with E-state index in [0.717, 1.165) is 55.6 Å². The van der Waals surface area contributed by atoms with Crippen LogP contribution in [0.15, 0.2) is 60.2 Å². The Bertz CT molecular complexity index is 925. The van der Waals surface area contributed by atoms with Crippen LogP contribution in [0.2, 0.25) is 0 Å². The van der Waals surface area contributed by atoms with Gasteiger partial charge < -0.3 is 15.0 Å². The molecule has 0 saturated heterocycles. The maximum absolute atomic E-state index is 13.3. The summed E-state index contributed by atoms with van der Waals surface area (Å²) in [4.78, 5) is 27.2. The number of anilines is 1. The van der Waals surface area contributed by atoms with Gasteiger partial charge in [0.25, 0.3) is 5.91 Å². The van der Waals surface area contributed by atoms with Gasteiger partial charge in [0, 0.05) is 30.3 Å². The van der Waals surface area contributed by atoms with Crippen LogP contribution in [0.25, 0.3) is 5.76 Å². The average molecular weight is 435 g/mol. The first-order valence-corrected chi connectivity index (χ1v) is 11.6. The molecule has 1 aliphatic carbocycles. The SMILES string of the molecule is CCCN(CCC)C(=O)/C(C)=C(/OCc1ccccc1)c1ccc(NC(=O)C2CC2)cc1. The highest BCUT2D eigenvalue weighted by Gasteiger charge is 2.29. The quantitative estimate of drug-likeness (QED) is 0.368. The van der Waals surface area contributed by atoms with Crippen molar-refractivity contribution in [3.8, 4) is 0 Å². The number of nitrogens with zero attached hydrogens (tertiary/aromatic N) is 1. The Morgan fingerprint density at radius 2 is 1.59 bits per heavy atom. The number of benzene rings is 2. The number of rotatable bonds is 11. The van der Waals surface area contributed by atoms with Crippen molar-refractivity contribution >= 4 is 23.3 Å². The Morgan fingerprint density at radius 1 is 0.969 bits per heavy atom. The Kier molecular flexibility index (Phi) is 8.48. The van der Waals surface area contributed by atoms with Gasteiger partial charge in [-0.25, -0.2) is 0 Å². The van der Waals surface area contributed by atoms with Crippen molar-refractivity contribution in [1.29, 1.82) is 0 Å². The summed E-state index contributed by atoms with van der Waals surface area (Å²) in [6.45, 7) is 7.82. The molecule has 0 aromatic heterocycles. The van der Waals surface area contributed by atoms with E-state index in [4.69, 9.17) is 4.74 Å². The smallest absolute Gasteiger partial charge is 0.253 e. The lowest BCUT2D eigenvalue weighted by Crippen LogP contribution is -2.33. The van der Waals surface area contributed by atoms with Crippen LogP contribution in [0.4, 0.5) is 5.69 Å². The molecule has 0 unspecified atom stereocenters. The Labute approximate surface area is 191 Å². The van der Waals surface area contributed by atoms with Crippen LogP contribution in [0.3, 0.4) is 0 Å². The lowest BCUT2D eigenvalue weighted by atomic mass is 10.1. The molecular weight excluding hydrogens is 400 g/mol. The third-order valence-electron chi connectivity index (χ3n) is 5.52. The molecule has 1 saturated carbocycles. The summed E-state index contributed by atoms with van der Waals surface area (Å²) in [6.07, 6.45) is 3.76. The predicted molar refractivity (Wildman–Crippen MR) is 129 cm³/mol. The molecule has 2 aromatic rings. The summed E-state index contributed by atoms with van der Waals surface area (Å²) < 4.78 is 6.22. The first-order chi connectivity index (χ1) is 15.5. The lowest BCUT2D eigenvalue weighted by Gasteiger charge is -2.23. The second-order valence-electron chi connectivity index (χ2n) is 8.36. The first-order valence-electron chi connectivity index (χ1n) is 11.6. The van der Waals surface area contributed by atoms with Crippen LogP contribution in [0, 0.1) is 5.92 Å². The maximum atomic E-state index is 13.3. The van der Waals surface area contributed by atoms with E-state index in [1.54, 1.807) is 0 Å². The van der Waals surface area contributed by atoms with E-state index in [9.17, 15) is 9.59 Å². The van der Waals surface area contributed by atoms with E-state index in [0.29, 0.717) is 17.9 Å². The van der Waals surface area contributed by atoms with Crippen LogP contribution >= 0.6 is 0 Å². The van der Waals surface area contributed by atoms with Crippen molar-refractivity contribution in [2.45, 2.75) is 53.1 Å². The molecule has 3 rings (SSSR count). The minimum Gasteiger partial charge on any atom is -0.488 e. The molecule has 5 heteroatoms. The first kappa shape index (κ1) is 23.6. The number of hydrogen-bond donors (Lipinski definition) is 1. The van der Waals surface area contributed by atoms with E-state index in [1.165, 1.54) is 0 Å². The average Bonchev–Trinajstić information content (AvgIpc) is 3.66. The van der Waals surface area contributed by atoms with E-state index in [2.05, 4.69) is 19.2 Å². The Balaban J connectivity index is 1.85. The van der Waals surface area contributed by atoms with E-state index in [1.807, 2.05) is 66.4 Å². The van der Waals surface area contributed by atoms with Crippen LogP contribution in [-0.2, 0) is 20.9 Å². The van der Waals surface area contributed by atoms with Gasteiger partial charge >= 0.3 is 0 Å². The third kappa shape index (κ3) is 6.46. The van der Waals surface area contributed by atoms with Gasteiger partial charge in [0.2, 0.25) is 5.91 Å². The van der Waals surface area contributed by atoms with Crippen molar-refractivity contribution < 1.29 is 14.3 Å². The molecule has 2 aromatic carbocycles. The van der Waals surface area contributed by atoms with Crippen molar-refractivity contribution in [1.82, 2.24) is 4.90 Å². The summed E-state index contributed by atoms with van der Waals surface area (Å²) in [6, 6.07) is 17.5. The molecule has 0 aliphatic heterocycles. The molecular formula is C27H34N2O3. The van der Waals surface area contributed by atoms with Gasteiger partial charge in [-0.3, -0.25) is 9.59 Å². The monoisotopic (exact) mass is 434 g/mol. The molecule has 1 fully saturated rings. The maximum Gasteiger partial charge on any atom is 0.253 e. The zero-order valence-corrected chi connectivity index (χ0v) is 19.4. The molecule has 1 aliphatic rings. The van der Waals surface area contributed by atoms with E-state index in [-0.39, 0.29) is 17.7 Å². The highest BCUT2D eigenvalue weighted by Crippen LogP contribution is 2.31. The van der Waals surface area contributed by atoms with Crippen molar-refractivity contribution in [3.05, 3.63) is 71.3 Å². The Hall–Kier alpha value is -3.08. The second kappa shape index (κ2) is 11.5. The summed E-state index contributed by atoms with van der Waals surface area (Å²) in [5.74, 6) is 0.816. The topological polar surface area (TPSA) is 58.6 Å². The zero-order valence-electron chi connectivity index (χ0n) is 19.4. The molecule has 5 nitrogen and oxygen atoms in total. The fourth-order valence-corrected chi connectivity index (χ4v) is 3.62. The predicted octanol–water partition coefficient (Wildman–Crippen LogP) is 5.63. The fourth-order valence-electron chi connectivity index (χ4n) is 3.62. The zero-order chi connectivity index (χ0) is 22.9. The molecule has 0 atom stereocenters. The molecule has 2 amide bonds. The molecule has 0 radical (unpaired) electrons.